The molecule has 1 atom stereocenters. The van der Waals surface area contributed by atoms with Crippen LogP contribution in [0.25, 0.3) is 11.5 Å². The predicted molar refractivity (Wildman–Crippen MR) is 79.2 cm³/mol. The largest absolute Gasteiger partial charge is 0.334 e. The van der Waals surface area contributed by atoms with Gasteiger partial charge in [0.1, 0.15) is 0 Å². The molecule has 1 aromatic carbocycles. The average Bonchev–Trinajstić information content (AvgIpc) is 3.03. The Bertz CT molecular complexity index is 682. The van der Waals surface area contributed by atoms with Crippen LogP contribution in [0.3, 0.4) is 0 Å². The normalized spacial score (nSPS) is 12.2. The van der Waals surface area contributed by atoms with Gasteiger partial charge in [-0.2, -0.15) is 4.98 Å². The maximum absolute atomic E-state index is 5.28. The fourth-order valence-electron chi connectivity index (χ4n) is 2.04. The lowest BCUT2D eigenvalue weighted by Crippen LogP contribution is -2.18. The van der Waals surface area contributed by atoms with E-state index in [1.807, 2.05) is 42.5 Å². The fraction of sp³-hybridized carbons (Fsp3) is 0.188. The number of hydrogen-bond acceptors (Lipinski definition) is 5. The topological polar surface area (TPSA) is 63.8 Å². The Kier molecular flexibility index (Phi) is 4.02. The quantitative estimate of drug-likeness (QED) is 0.778. The molecule has 0 fully saturated rings. The third-order valence-electron chi connectivity index (χ3n) is 3.26. The molecule has 0 saturated carbocycles. The van der Waals surface area contributed by atoms with Crippen molar-refractivity contribution in [3.8, 4) is 11.5 Å². The molecule has 0 unspecified atom stereocenters. The Morgan fingerprint density at radius 2 is 1.86 bits per heavy atom. The number of aromatic nitrogens is 3. The maximum atomic E-state index is 5.28. The van der Waals surface area contributed by atoms with E-state index >= 15 is 0 Å². The van der Waals surface area contributed by atoms with Crippen LogP contribution in [0.1, 0.15) is 24.4 Å². The minimum Gasteiger partial charge on any atom is -0.334 e. The van der Waals surface area contributed by atoms with E-state index in [4.69, 9.17) is 4.52 Å². The lowest BCUT2D eigenvalue weighted by Gasteiger charge is -2.11. The van der Waals surface area contributed by atoms with Gasteiger partial charge in [0.15, 0.2) is 5.82 Å². The minimum atomic E-state index is 0.201. The van der Waals surface area contributed by atoms with E-state index in [1.54, 1.807) is 12.4 Å². The zero-order valence-corrected chi connectivity index (χ0v) is 11.7. The molecule has 0 aliphatic rings. The molecule has 3 rings (SSSR count). The van der Waals surface area contributed by atoms with Gasteiger partial charge in [0.05, 0.1) is 6.54 Å². The molecule has 0 saturated heterocycles. The summed E-state index contributed by atoms with van der Waals surface area (Å²) in [6, 6.07) is 13.9. The lowest BCUT2D eigenvalue weighted by atomic mass is 10.1. The smallest absolute Gasteiger partial charge is 0.257 e. The van der Waals surface area contributed by atoms with Gasteiger partial charge in [0.25, 0.3) is 5.89 Å². The van der Waals surface area contributed by atoms with Crippen molar-refractivity contribution < 1.29 is 4.52 Å². The molecule has 0 spiro atoms. The van der Waals surface area contributed by atoms with E-state index in [2.05, 4.69) is 27.4 Å². The molecule has 2 aromatic heterocycles. The van der Waals surface area contributed by atoms with E-state index in [-0.39, 0.29) is 6.04 Å². The minimum absolute atomic E-state index is 0.201. The molecule has 21 heavy (non-hydrogen) atoms. The van der Waals surface area contributed by atoms with Crippen LogP contribution in [0.15, 0.2) is 59.4 Å². The number of nitrogens with one attached hydrogen (secondary N) is 1. The first kappa shape index (κ1) is 13.5. The van der Waals surface area contributed by atoms with Gasteiger partial charge in [-0.1, -0.05) is 23.4 Å². The second-order valence-corrected chi connectivity index (χ2v) is 4.76. The number of benzene rings is 1. The van der Waals surface area contributed by atoms with Gasteiger partial charge in [-0.3, -0.25) is 4.98 Å². The molecular weight excluding hydrogens is 264 g/mol. The zero-order chi connectivity index (χ0) is 14.5. The number of nitrogens with zero attached hydrogens (tertiary/aromatic N) is 3. The molecule has 0 amide bonds. The predicted octanol–water partition coefficient (Wildman–Crippen LogP) is 2.98. The van der Waals surface area contributed by atoms with Crippen molar-refractivity contribution in [3.05, 3.63) is 66.2 Å². The van der Waals surface area contributed by atoms with Crippen molar-refractivity contribution in [1.82, 2.24) is 20.4 Å². The van der Waals surface area contributed by atoms with Crippen LogP contribution >= 0.6 is 0 Å². The standard InChI is InChI=1S/C16H16N4O/c1-12(13-7-9-17-10-8-13)18-11-15-19-16(21-20-15)14-5-3-2-4-6-14/h2-10,12,18H,11H2,1H3/t12-/m0/s1. The molecule has 5 nitrogen and oxygen atoms in total. The van der Waals surface area contributed by atoms with Gasteiger partial charge in [-0.05, 0) is 36.8 Å². The van der Waals surface area contributed by atoms with Crippen molar-refractivity contribution in [2.75, 3.05) is 0 Å². The molecule has 0 aliphatic carbocycles. The summed E-state index contributed by atoms with van der Waals surface area (Å²) in [5, 5.41) is 7.36. The van der Waals surface area contributed by atoms with Gasteiger partial charge in [-0.15, -0.1) is 0 Å². The Hall–Kier alpha value is -2.53. The summed E-state index contributed by atoms with van der Waals surface area (Å²) >= 11 is 0. The average molecular weight is 280 g/mol. The lowest BCUT2D eigenvalue weighted by molar-refractivity contribution is 0.416. The van der Waals surface area contributed by atoms with Crippen LogP contribution in [0.4, 0.5) is 0 Å². The molecular formula is C16H16N4O. The second-order valence-electron chi connectivity index (χ2n) is 4.76. The second kappa shape index (κ2) is 6.28. The van der Waals surface area contributed by atoms with Crippen LogP contribution < -0.4 is 5.32 Å². The van der Waals surface area contributed by atoms with Gasteiger partial charge >= 0.3 is 0 Å². The third-order valence-corrected chi connectivity index (χ3v) is 3.26. The highest BCUT2D eigenvalue weighted by molar-refractivity contribution is 5.51. The van der Waals surface area contributed by atoms with Crippen molar-refractivity contribution in [2.24, 2.45) is 0 Å². The summed E-state index contributed by atoms with van der Waals surface area (Å²) in [6.45, 7) is 2.65. The Morgan fingerprint density at radius 1 is 1.10 bits per heavy atom. The van der Waals surface area contributed by atoms with Crippen LogP contribution in [-0.4, -0.2) is 15.1 Å². The first-order valence-corrected chi connectivity index (χ1v) is 6.84. The van der Waals surface area contributed by atoms with E-state index in [0.29, 0.717) is 18.3 Å². The first-order valence-electron chi connectivity index (χ1n) is 6.84. The molecule has 0 bridgehead atoms. The van der Waals surface area contributed by atoms with Gasteiger partial charge in [0, 0.05) is 24.0 Å². The summed E-state index contributed by atoms with van der Waals surface area (Å²) in [4.78, 5) is 8.41. The van der Waals surface area contributed by atoms with Crippen molar-refractivity contribution in [3.63, 3.8) is 0 Å². The summed E-state index contributed by atoms with van der Waals surface area (Å²) in [6.07, 6.45) is 3.57. The molecule has 0 aliphatic heterocycles. The highest BCUT2D eigenvalue weighted by Crippen LogP contribution is 2.16. The summed E-state index contributed by atoms with van der Waals surface area (Å²) in [5.74, 6) is 1.19. The van der Waals surface area contributed by atoms with E-state index in [1.165, 1.54) is 5.56 Å². The Balaban J connectivity index is 1.63. The van der Waals surface area contributed by atoms with Crippen LogP contribution in [0, 0.1) is 0 Å². The van der Waals surface area contributed by atoms with Crippen molar-refractivity contribution in [2.45, 2.75) is 19.5 Å². The molecule has 106 valence electrons. The molecule has 1 N–H and O–H groups in total. The fourth-order valence-corrected chi connectivity index (χ4v) is 2.04. The van der Waals surface area contributed by atoms with E-state index in [0.717, 1.165) is 5.56 Å². The van der Waals surface area contributed by atoms with Crippen molar-refractivity contribution in [1.29, 1.82) is 0 Å². The highest BCUT2D eigenvalue weighted by atomic mass is 16.5. The first-order chi connectivity index (χ1) is 10.3. The van der Waals surface area contributed by atoms with Gasteiger partial charge < -0.3 is 9.84 Å². The van der Waals surface area contributed by atoms with Gasteiger partial charge in [-0.25, -0.2) is 0 Å². The summed E-state index contributed by atoms with van der Waals surface area (Å²) in [7, 11) is 0. The van der Waals surface area contributed by atoms with Crippen LogP contribution in [0.5, 0.6) is 0 Å². The SMILES string of the molecule is C[C@H](NCc1noc(-c2ccccc2)n1)c1ccncc1. The van der Waals surface area contributed by atoms with E-state index in [9.17, 15) is 0 Å². The van der Waals surface area contributed by atoms with Crippen LogP contribution in [0.2, 0.25) is 0 Å². The molecule has 2 heterocycles. The summed E-state index contributed by atoms with van der Waals surface area (Å²) in [5.41, 5.74) is 2.11. The number of hydrogen-bond donors (Lipinski definition) is 1. The van der Waals surface area contributed by atoms with Crippen molar-refractivity contribution >= 4 is 0 Å². The van der Waals surface area contributed by atoms with Gasteiger partial charge in [0.2, 0.25) is 0 Å². The molecule has 3 aromatic rings. The molecule has 5 heteroatoms. The molecule has 0 radical (unpaired) electrons. The summed E-state index contributed by atoms with van der Waals surface area (Å²) < 4.78 is 5.28. The zero-order valence-electron chi connectivity index (χ0n) is 11.7. The number of pyridine rings is 1. The van der Waals surface area contributed by atoms with Crippen LogP contribution in [-0.2, 0) is 6.54 Å². The maximum Gasteiger partial charge on any atom is 0.257 e. The Morgan fingerprint density at radius 3 is 2.62 bits per heavy atom. The third kappa shape index (κ3) is 3.32. The monoisotopic (exact) mass is 280 g/mol. The van der Waals surface area contributed by atoms with E-state index < -0.39 is 0 Å². The Labute approximate surface area is 123 Å². The number of rotatable bonds is 5. The highest BCUT2D eigenvalue weighted by Gasteiger charge is 2.10.